The number of nitrogens with zero attached hydrogens (tertiary/aromatic N) is 1. The van der Waals surface area contributed by atoms with Gasteiger partial charge in [0.15, 0.2) is 0 Å². The molecule has 0 fully saturated rings. The first-order valence-corrected chi connectivity index (χ1v) is 7.01. The molecule has 1 rings (SSSR count). The molecule has 1 amide bonds. The minimum atomic E-state index is -0.498. The largest absolute Gasteiger partial charge is 0.352 e. The van der Waals surface area contributed by atoms with Crippen molar-refractivity contribution in [2.45, 2.75) is 27.2 Å². The maximum atomic E-state index is 12.0. The highest BCUT2D eigenvalue weighted by Gasteiger charge is 2.16. The molecule has 0 saturated heterocycles. The highest BCUT2D eigenvalue weighted by Crippen LogP contribution is 2.20. The molecule has 0 spiro atoms. The highest BCUT2D eigenvalue weighted by atomic mass is 127. The SMILES string of the molecule is CC(C)(C)CCNC(=O)c1cc([N+](=O)[O-])ccc1I. The van der Waals surface area contributed by atoms with E-state index in [0.717, 1.165) is 6.42 Å². The third-order valence-corrected chi connectivity index (χ3v) is 3.51. The zero-order chi connectivity index (χ0) is 14.6. The minimum Gasteiger partial charge on any atom is -0.352 e. The molecule has 0 heterocycles. The lowest BCUT2D eigenvalue weighted by Gasteiger charge is -2.18. The van der Waals surface area contributed by atoms with E-state index in [0.29, 0.717) is 15.7 Å². The lowest BCUT2D eigenvalue weighted by molar-refractivity contribution is -0.384. The van der Waals surface area contributed by atoms with Crippen LogP contribution in [0.4, 0.5) is 5.69 Å². The molecule has 0 saturated carbocycles. The number of carbonyl (C=O) groups excluding carboxylic acids is 1. The second-order valence-electron chi connectivity index (χ2n) is 5.49. The van der Waals surface area contributed by atoms with Crippen molar-refractivity contribution in [2.75, 3.05) is 6.54 Å². The topological polar surface area (TPSA) is 72.2 Å². The van der Waals surface area contributed by atoms with Gasteiger partial charge in [-0.05, 0) is 40.5 Å². The molecule has 0 radical (unpaired) electrons. The third-order valence-electron chi connectivity index (χ3n) is 2.57. The number of halogens is 1. The van der Waals surface area contributed by atoms with Crippen LogP contribution in [0.3, 0.4) is 0 Å². The fourth-order valence-electron chi connectivity index (χ4n) is 1.45. The predicted octanol–water partition coefficient (Wildman–Crippen LogP) is 3.37. The van der Waals surface area contributed by atoms with Crippen LogP contribution >= 0.6 is 22.6 Å². The van der Waals surface area contributed by atoms with Crippen molar-refractivity contribution in [3.8, 4) is 0 Å². The Kier molecular flexibility index (Phi) is 5.28. The summed E-state index contributed by atoms with van der Waals surface area (Å²) in [5, 5.41) is 13.5. The van der Waals surface area contributed by atoms with Crippen LogP contribution in [0.5, 0.6) is 0 Å². The molecule has 0 aromatic heterocycles. The molecular formula is C13H17IN2O3. The van der Waals surface area contributed by atoms with Crippen LogP contribution in [0.15, 0.2) is 18.2 Å². The summed E-state index contributed by atoms with van der Waals surface area (Å²) in [5.74, 6) is -0.266. The van der Waals surface area contributed by atoms with E-state index in [9.17, 15) is 14.9 Å². The zero-order valence-corrected chi connectivity index (χ0v) is 13.4. The normalized spacial score (nSPS) is 11.2. The van der Waals surface area contributed by atoms with Gasteiger partial charge in [-0.2, -0.15) is 0 Å². The van der Waals surface area contributed by atoms with Gasteiger partial charge in [-0.1, -0.05) is 20.8 Å². The van der Waals surface area contributed by atoms with Gasteiger partial charge < -0.3 is 5.32 Å². The molecule has 0 aliphatic rings. The lowest BCUT2D eigenvalue weighted by Crippen LogP contribution is -2.27. The van der Waals surface area contributed by atoms with Crippen LogP contribution in [-0.4, -0.2) is 17.4 Å². The van der Waals surface area contributed by atoms with Crippen LogP contribution in [0.1, 0.15) is 37.6 Å². The number of nitro groups is 1. The van der Waals surface area contributed by atoms with Gasteiger partial charge in [0.25, 0.3) is 11.6 Å². The van der Waals surface area contributed by atoms with Crippen LogP contribution in [0.2, 0.25) is 0 Å². The van der Waals surface area contributed by atoms with Crippen molar-refractivity contribution < 1.29 is 9.72 Å². The first-order valence-electron chi connectivity index (χ1n) is 5.93. The van der Waals surface area contributed by atoms with Gasteiger partial charge in [0.2, 0.25) is 0 Å². The Hall–Kier alpha value is -1.18. The Morgan fingerprint density at radius 3 is 2.58 bits per heavy atom. The van der Waals surface area contributed by atoms with Gasteiger partial charge in [0.05, 0.1) is 10.5 Å². The Labute approximate surface area is 126 Å². The molecule has 0 bridgehead atoms. The lowest BCUT2D eigenvalue weighted by atomic mass is 9.92. The van der Waals surface area contributed by atoms with E-state index in [1.165, 1.54) is 12.1 Å². The summed E-state index contributed by atoms with van der Waals surface area (Å²) in [7, 11) is 0. The van der Waals surface area contributed by atoms with Gasteiger partial charge in [-0.15, -0.1) is 0 Å². The summed E-state index contributed by atoms with van der Waals surface area (Å²) in [6, 6.07) is 4.29. The summed E-state index contributed by atoms with van der Waals surface area (Å²) in [4.78, 5) is 22.2. The van der Waals surface area contributed by atoms with Crippen LogP contribution in [0, 0.1) is 19.1 Å². The molecule has 5 nitrogen and oxygen atoms in total. The molecule has 19 heavy (non-hydrogen) atoms. The molecule has 1 N–H and O–H groups in total. The van der Waals surface area contributed by atoms with Crippen molar-refractivity contribution >= 4 is 34.2 Å². The van der Waals surface area contributed by atoms with E-state index in [1.54, 1.807) is 6.07 Å². The van der Waals surface area contributed by atoms with Crippen molar-refractivity contribution in [1.29, 1.82) is 0 Å². The smallest absolute Gasteiger partial charge is 0.270 e. The standard InChI is InChI=1S/C13H17IN2O3/c1-13(2,3)6-7-15-12(17)10-8-9(16(18)19)4-5-11(10)14/h4-5,8H,6-7H2,1-3H3,(H,15,17). The molecule has 104 valence electrons. The predicted molar refractivity (Wildman–Crippen MR) is 82.2 cm³/mol. The van der Waals surface area contributed by atoms with Gasteiger partial charge >= 0.3 is 0 Å². The van der Waals surface area contributed by atoms with Crippen LogP contribution in [-0.2, 0) is 0 Å². The number of carbonyl (C=O) groups is 1. The number of non-ortho nitro benzene ring substituents is 1. The van der Waals surface area contributed by atoms with E-state index in [4.69, 9.17) is 0 Å². The Bertz CT molecular complexity index is 495. The zero-order valence-electron chi connectivity index (χ0n) is 11.2. The minimum absolute atomic E-state index is 0.0682. The molecule has 1 aromatic carbocycles. The quantitative estimate of drug-likeness (QED) is 0.498. The van der Waals surface area contributed by atoms with E-state index >= 15 is 0 Å². The summed E-state index contributed by atoms with van der Waals surface area (Å²) >= 11 is 2.00. The Morgan fingerprint density at radius 2 is 2.05 bits per heavy atom. The van der Waals surface area contributed by atoms with Crippen LogP contribution < -0.4 is 5.32 Å². The molecule has 0 aliphatic carbocycles. The number of benzene rings is 1. The van der Waals surface area contributed by atoms with E-state index < -0.39 is 4.92 Å². The van der Waals surface area contributed by atoms with Gasteiger partial charge in [0.1, 0.15) is 0 Å². The Balaban J connectivity index is 2.76. The summed E-state index contributed by atoms with van der Waals surface area (Å²) in [6.07, 6.45) is 0.851. The Morgan fingerprint density at radius 1 is 1.42 bits per heavy atom. The number of amides is 1. The van der Waals surface area contributed by atoms with Gasteiger partial charge in [0, 0.05) is 22.2 Å². The number of rotatable bonds is 4. The summed E-state index contributed by atoms with van der Waals surface area (Å²) in [5.41, 5.74) is 0.424. The number of nitro benzene ring substituents is 1. The maximum Gasteiger partial charge on any atom is 0.270 e. The summed E-state index contributed by atoms with van der Waals surface area (Å²) < 4.78 is 0.705. The molecule has 1 aromatic rings. The first-order chi connectivity index (χ1) is 8.70. The molecule has 0 atom stereocenters. The van der Waals surface area contributed by atoms with E-state index in [1.807, 2.05) is 22.6 Å². The highest BCUT2D eigenvalue weighted by molar-refractivity contribution is 14.1. The molecule has 0 aliphatic heterocycles. The van der Waals surface area contributed by atoms with Crippen molar-refractivity contribution in [3.05, 3.63) is 37.4 Å². The van der Waals surface area contributed by atoms with E-state index in [2.05, 4.69) is 26.1 Å². The fraction of sp³-hybridized carbons (Fsp3) is 0.462. The summed E-state index contributed by atoms with van der Waals surface area (Å²) in [6.45, 7) is 6.84. The first kappa shape index (κ1) is 15.9. The molecule has 6 heteroatoms. The average Bonchev–Trinajstić information content (AvgIpc) is 2.27. The van der Waals surface area contributed by atoms with E-state index in [-0.39, 0.29) is 17.0 Å². The number of hydrogen-bond acceptors (Lipinski definition) is 3. The maximum absolute atomic E-state index is 12.0. The van der Waals surface area contributed by atoms with Crippen molar-refractivity contribution in [3.63, 3.8) is 0 Å². The fourth-order valence-corrected chi connectivity index (χ4v) is 2.03. The van der Waals surface area contributed by atoms with Crippen LogP contribution in [0.25, 0.3) is 0 Å². The van der Waals surface area contributed by atoms with Crippen molar-refractivity contribution in [1.82, 2.24) is 5.32 Å². The second kappa shape index (κ2) is 6.31. The third kappa shape index (κ3) is 5.14. The van der Waals surface area contributed by atoms with Gasteiger partial charge in [-0.3, -0.25) is 14.9 Å². The number of hydrogen-bond donors (Lipinski definition) is 1. The average molecular weight is 376 g/mol. The second-order valence-corrected chi connectivity index (χ2v) is 6.65. The molecule has 0 unspecified atom stereocenters. The van der Waals surface area contributed by atoms with Gasteiger partial charge in [-0.25, -0.2) is 0 Å². The molecular weight excluding hydrogens is 359 g/mol. The monoisotopic (exact) mass is 376 g/mol. The van der Waals surface area contributed by atoms with Crippen molar-refractivity contribution in [2.24, 2.45) is 5.41 Å². The number of nitrogens with one attached hydrogen (secondary N) is 1.